The summed E-state index contributed by atoms with van der Waals surface area (Å²) in [4.78, 5) is 12.9. The van der Waals surface area contributed by atoms with Crippen LogP contribution in [-0.4, -0.2) is 19.2 Å². The molecular formula is C21H22N4OS2. The summed E-state index contributed by atoms with van der Waals surface area (Å²) in [5.41, 5.74) is 3.24. The van der Waals surface area contributed by atoms with Crippen molar-refractivity contribution in [2.24, 2.45) is 5.92 Å². The number of rotatable bonds is 7. The molecule has 0 spiro atoms. The van der Waals surface area contributed by atoms with Gasteiger partial charge in [-0.3, -0.25) is 13.8 Å². The first-order valence-corrected chi connectivity index (χ1v) is 11.1. The monoisotopic (exact) mass is 410 g/mol. The number of thiophene rings is 1. The quantitative estimate of drug-likeness (QED) is 0.398. The lowest BCUT2D eigenvalue weighted by atomic mass is 10.1. The first kappa shape index (κ1) is 19.0. The Morgan fingerprint density at radius 1 is 1.21 bits per heavy atom. The molecule has 3 heterocycles. The van der Waals surface area contributed by atoms with E-state index in [1.165, 1.54) is 16.9 Å². The molecule has 0 saturated heterocycles. The zero-order chi connectivity index (χ0) is 19.7. The van der Waals surface area contributed by atoms with E-state index >= 15 is 0 Å². The van der Waals surface area contributed by atoms with Gasteiger partial charge in [-0.2, -0.15) is 0 Å². The molecule has 0 unspecified atom stereocenters. The van der Waals surface area contributed by atoms with Crippen LogP contribution in [0.25, 0.3) is 22.1 Å². The van der Waals surface area contributed by atoms with Crippen LogP contribution in [0.5, 0.6) is 0 Å². The molecule has 5 nitrogen and oxygen atoms in total. The molecule has 3 aromatic heterocycles. The van der Waals surface area contributed by atoms with Crippen LogP contribution in [0.4, 0.5) is 0 Å². The molecule has 0 radical (unpaired) electrons. The number of thioether (sulfide) groups is 1. The Morgan fingerprint density at radius 3 is 2.71 bits per heavy atom. The average molecular weight is 411 g/mol. The normalized spacial score (nSPS) is 11.7. The number of aryl methyl sites for hydroxylation is 1. The summed E-state index contributed by atoms with van der Waals surface area (Å²) < 4.78 is 4.55. The highest BCUT2D eigenvalue weighted by Crippen LogP contribution is 2.27. The summed E-state index contributed by atoms with van der Waals surface area (Å²) in [6.45, 7) is 8.77. The minimum absolute atomic E-state index is 0.0297. The summed E-state index contributed by atoms with van der Waals surface area (Å²) in [5.74, 6) is 1.93. The third kappa shape index (κ3) is 3.52. The van der Waals surface area contributed by atoms with E-state index in [0.29, 0.717) is 18.2 Å². The van der Waals surface area contributed by atoms with Crippen LogP contribution in [0.2, 0.25) is 0 Å². The lowest BCUT2D eigenvalue weighted by Crippen LogP contribution is -2.23. The smallest absolute Gasteiger partial charge is 0.272 e. The van der Waals surface area contributed by atoms with E-state index in [1.807, 2.05) is 21.9 Å². The van der Waals surface area contributed by atoms with Gasteiger partial charge in [0.05, 0.1) is 5.52 Å². The molecule has 0 N–H and O–H groups in total. The van der Waals surface area contributed by atoms with E-state index in [-0.39, 0.29) is 5.56 Å². The molecule has 7 heteroatoms. The molecule has 0 aliphatic carbocycles. The van der Waals surface area contributed by atoms with Gasteiger partial charge < -0.3 is 0 Å². The van der Waals surface area contributed by atoms with E-state index < -0.39 is 0 Å². The second-order valence-electron chi connectivity index (χ2n) is 7.13. The maximum absolute atomic E-state index is 12.9. The maximum atomic E-state index is 12.9. The molecule has 0 aliphatic heterocycles. The highest BCUT2D eigenvalue weighted by Gasteiger charge is 2.18. The van der Waals surface area contributed by atoms with E-state index in [0.717, 1.165) is 33.1 Å². The van der Waals surface area contributed by atoms with Gasteiger partial charge in [0.15, 0.2) is 5.16 Å². The summed E-state index contributed by atoms with van der Waals surface area (Å²) >= 11 is 3.11. The van der Waals surface area contributed by atoms with Crippen LogP contribution in [-0.2, 0) is 12.3 Å². The highest BCUT2D eigenvalue weighted by molar-refractivity contribution is 7.98. The van der Waals surface area contributed by atoms with Gasteiger partial charge >= 0.3 is 0 Å². The summed E-state index contributed by atoms with van der Waals surface area (Å²) in [7, 11) is 0. The molecule has 4 aromatic rings. The fraction of sp³-hybridized carbons (Fsp3) is 0.286. The summed E-state index contributed by atoms with van der Waals surface area (Å²) in [5, 5.41) is 11.5. The van der Waals surface area contributed by atoms with Gasteiger partial charge in [0.2, 0.25) is 5.78 Å². The Balaban J connectivity index is 1.73. The van der Waals surface area contributed by atoms with Crippen molar-refractivity contribution in [3.8, 4) is 0 Å². The van der Waals surface area contributed by atoms with Crippen LogP contribution in [0, 0.1) is 5.92 Å². The van der Waals surface area contributed by atoms with Gasteiger partial charge in [0.25, 0.3) is 5.56 Å². The standard InChI is InChI=1S/C21H22N4OS2/c1-4-15-5-7-16(8-6-15)13-28-21-23-22-20-24(11-9-14(2)3)19(26)18-17(25(20)21)10-12-27-18/h4-8,10,12,14H,1,9,11,13H2,2-3H3. The van der Waals surface area contributed by atoms with Crippen LogP contribution >= 0.6 is 23.1 Å². The number of fused-ring (bicyclic) bond motifs is 3. The number of aromatic nitrogens is 4. The Kier molecular flexibility index (Phi) is 5.37. The molecule has 0 fully saturated rings. The van der Waals surface area contributed by atoms with Gasteiger partial charge in [0.1, 0.15) is 4.70 Å². The van der Waals surface area contributed by atoms with Gasteiger partial charge in [-0.1, -0.05) is 62.5 Å². The number of hydrogen-bond acceptors (Lipinski definition) is 5. The lowest BCUT2D eigenvalue weighted by molar-refractivity contribution is 0.512. The van der Waals surface area contributed by atoms with Crippen LogP contribution < -0.4 is 5.56 Å². The number of hydrogen-bond donors (Lipinski definition) is 0. The van der Waals surface area contributed by atoms with Crippen LogP contribution in [0.15, 0.2) is 52.2 Å². The van der Waals surface area contributed by atoms with Crippen molar-refractivity contribution < 1.29 is 0 Å². The third-order valence-electron chi connectivity index (χ3n) is 4.70. The van der Waals surface area contributed by atoms with E-state index in [9.17, 15) is 4.79 Å². The Labute approximate surface area is 171 Å². The fourth-order valence-corrected chi connectivity index (χ4v) is 4.80. The zero-order valence-corrected chi connectivity index (χ0v) is 17.6. The predicted octanol–water partition coefficient (Wildman–Crippen LogP) is 5.09. The van der Waals surface area contributed by atoms with Gasteiger partial charge in [0, 0.05) is 12.3 Å². The van der Waals surface area contributed by atoms with E-state index in [2.05, 4.69) is 54.9 Å². The minimum atomic E-state index is 0.0297. The lowest BCUT2D eigenvalue weighted by Gasteiger charge is -2.10. The fourth-order valence-electron chi connectivity index (χ4n) is 3.08. The van der Waals surface area contributed by atoms with Crippen molar-refractivity contribution in [3.05, 3.63) is 63.8 Å². The molecule has 0 aliphatic rings. The molecule has 0 saturated carbocycles. The number of nitrogens with zero attached hydrogens (tertiary/aromatic N) is 4. The number of benzene rings is 1. The van der Waals surface area contributed by atoms with Crippen molar-refractivity contribution in [1.82, 2.24) is 19.2 Å². The van der Waals surface area contributed by atoms with Crippen molar-refractivity contribution in [1.29, 1.82) is 0 Å². The molecule has 28 heavy (non-hydrogen) atoms. The Morgan fingerprint density at radius 2 is 2.00 bits per heavy atom. The molecule has 4 rings (SSSR count). The summed E-state index contributed by atoms with van der Waals surface area (Å²) in [6, 6.07) is 10.3. The molecule has 0 bridgehead atoms. The second kappa shape index (κ2) is 7.93. The largest absolute Gasteiger partial charge is 0.276 e. The van der Waals surface area contributed by atoms with Crippen molar-refractivity contribution in [3.63, 3.8) is 0 Å². The SMILES string of the molecule is C=Cc1ccc(CSc2nnc3n(CCC(C)C)c(=O)c4sccc4n23)cc1. The maximum Gasteiger partial charge on any atom is 0.272 e. The zero-order valence-electron chi connectivity index (χ0n) is 16.0. The average Bonchev–Trinajstić information content (AvgIpc) is 3.33. The van der Waals surface area contributed by atoms with Gasteiger partial charge in [-0.05, 0) is 34.9 Å². The van der Waals surface area contributed by atoms with Crippen LogP contribution in [0.3, 0.4) is 0 Å². The van der Waals surface area contributed by atoms with E-state index in [1.54, 1.807) is 16.3 Å². The summed E-state index contributed by atoms with van der Waals surface area (Å²) in [6.07, 6.45) is 2.77. The van der Waals surface area contributed by atoms with Crippen molar-refractivity contribution in [2.75, 3.05) is 0 Å². The molecule has 144 valence electrons. The predicted molar refractivity (Wildman–Crippen MR) is 118 cm³/mol. The van der Waals surface area contributed by atoms with E-state index in [4.69, 9.17) is 0 Å². The van der Waals surface area contributed by atoms with Gasteiger partial charge in [-0.15, -0.1) is 21.5 Å². The Bertz CT molecular complexity index is 1190. The molecule has 1 aromatic carbocycles. The third-order valence-corrected chi connectivity index (χ3v) is 6.59. The first-order valence-electron chi connectivity index (χ1n) is 9.28. The van der Waals surface area contributed by atoms with Crippen molar-refractivity contribution >= 4 is 45.2 Å². The van der Waals surface area contributed by atoms with Crippen LogP contribution in [0.1, 0.15) is 31.4 Å². The van der Waals surface area contributed by atoms with Gasteiger partial charge in [-0.25, -0.2) is 0 Å². The minimum Gasteiger partial charge on any atom is -0.276 e. The molecular weight excluding hydrogens is 388 g/mol. The Hall–Kier alpha value is -2.38. The topological polar surface area (TPSA) is 52.2 Å². The van der Waals surface area contributed by atoms with Crippen molar-refractivity contribution in [2.45, 2.75) is 37.7 Å². The second-order valence-corrected chi connectivity index (χ2v) is 8.99. The highest BCUT2D eigenvalue weighted by atomic mass is 32.2. The molecule has 0 amide bonds. The molecule has 0 atom stereocenters. The first-order chi connectivity index (χ1) is 13.6.